The van der Waals surface area contributed by atoms with Crippen molar-refractivity contribution in [3.8, 4) is 5.75 Å². The first kappa shape index (κ1) is 28.2. The summed E-state index contributed by atoms with van der Waals surface area (Å²) in [6.07, 6.45) is 1.76. The number of anilines is 1. The third kappa shape index (κ3) is 5.48. The lowest BCUT2D eigenvalue weighted by Gasteiger charge is -2.32. The number of carbonyl (C=O) groups is 2. The third-order valence-corrected chi connectivity index (χ3v) is 8.59. The summed E-state index contributed by atoms with van der Waals surface area (Å²) in [5, 5.41) is 0.702. The molecule has 0 N–H and O–H groups in total. The number of likely N-dealkylation sites (N-methyl/N-ethyl adjacent to an activating group) is 1. The predicted molar refractivity (Wildman–Crippen MR) is 159 cm³/mol. The van der Waals surface area contributed by atoms with Crippen molar-refractivity contribution in [2.45, 2.75) is 32.7 Å². The van der Waals surface area contributed by atoms with Gasteiger partial charge in [0, 0.05) is 56.9 Å². The van der Waals surface area contributed by atoms with Crippen molar-refractivity contribution in [1.82, 2.24) is 14.7 Å². The van der Waals surface area contributed by atoms with Gasteiger partial charge in [0.15, 0.2) is 5.58 Å². The number of piperazine rings is 1. The maximum Gasteiger partial charge on any atom is 0.410 e. The Morgan fingerprint density at radius 2 is 1.76 bits per heavy atom. The maximum absolute atomic E-state index is 14.4. The highest BCUT2D eigenvalue weighted by molar-refractivity contribution is 6.15. The summed E-state index contributed by atoms with van der Waals surface area (Å²) in [4.78, 5) is 48.1. The van der Waals surface area contributed by atoms with Crippen LogP contribution in [0.3, 0.4) is 0 Å². The molecule has 222 valence electrons. The quantitative estimate of drug-likeness (QED) is 0.413. The number of rotatable bonds is 6. The molecule has 1 aromatic heterocycles. The highest BCUT2D eigenvalue weighted by atomic mass is 16.6. The fraction of sp³-hybridized carbons (Fsp3) is 0.469. The molecule has 2 aromatic carbocycles. The topological polar surface area (TPSA) is 95.8 Å². The smallest absolute Gasteiger partial charge is 0.410 e. The molecular formula is C32H38N4O6. The molecule has 0 atom stereocenters. The zero-order valence-electron chi connectivity index (χ0n) is 24.4. The molecular weight excluding hydrogens is 536 g/mol. The Labute approximate surface area is 245 Å². The first-order chi connectivity index (χ1) is 20.4. The summed E-state index contributed by atoms with van der Waals surface area (Å²) in [6, 6.07) is 11.6. The number of benzene rings is 2. The van der Waals surface area contributed by atoms with Gasteiger partial charge in [0.05, 0.1) is 18.7 Å². The second-order valence-corrected chi connectivity index (χ2v) is 11.2. The maximum atomic E-state index is 14.4. The van der Waals surface area contributed by atoms with Crippen molar-refractivity contribution in [3.05, 3.63) is 69.1 Å². The molecule has 1 fully saturated rings. The lowest BCUT2D eigenvalue weighted by Crippen LogP contribution is -2.45. The highest BCUT2D eigenvalue weighted by Crippen LogP contribution is 2.36. The Morgan fingerprint density at radius 1 is 0.952 bits per heavy atom. The van der Waals surface area contributed by atoms with E-state index in [9.17, 15) is 14.4 Å². The normalized spacial score (nSPS) is 17.6. The molecule has 10 nitrogen and oxygen atoms in total. The fourth-order valence-corrected chi connectivity index (χ4v) is 6.24. The Hall–Kier alpha value is -3.89. The number of amides is 2. The summed E-state index contributed by atoms with van der Waals surface area (Å²) >= 11 is 0. The summed E-state index contributed by atoms with van der Waals surface area (Å²) in [7, 11) is 2.13. The van der Waals surface area contributed by atoms with Crippen molar-refractivity contribution in [2.24, 2.45) is 0 Å². The minimum Gasteiger partial charge on any atom is -0.491 e. The second kappa shape index (κ2) is 12.1. The molecule has 4 heterocycles. The summed E-state index contributed by atoms with van der Waals surface area (Å²) in [5.74, 6) is 0.172. The van der Waals surface area contributed by atoms with Gasteiger partial charge < -0.3 is 28.6 Å². The number of hydrogen-bond donors (Lipinski definition) is 0. The lowest BCUT2D eigenvalue weighted by molar-refractivity contribution is 0.0978. The van der Waals surface area contributed by atoms with Crippen LogP contribution in [0.1, 0.15) is 40.4 Å². The number of nitrogens with zero attached hydrogens (tertiary/aromatic N) is 4. The average Bonchev–Trinajstić information content (AvgIpc) is 3.01. The van der Waals surface area contributed by atoms with E-state index in [1.807, 2.05) is 30.3 Å². The first-order valence-corrected chi connectivity index (χ1v) is 14.9. The number of fused-ring (bicyclic) bond motifs is 4. The summed E-state index contributed by atoms with van der Waals surface area (Å²) < 4.78 is 17.4. The van der Waals surface area contributed by atoms with Crippen LogP contribution >= 0.6 is 0 Å². The van der Waals surface area contributed by atoms with E-state index in [1.165, 1.54) is 4.90 Å². The average molecular weight is 575 g/mol. The van der Waals surface area contributed by atoms with Crippen LogP contribution in [-0.4, -0.2) is 92.8 Å². The second-order valence-electron chi connectivity index (χ2n) is 11.2. The molecule has 10 heteroatoms. The van der Waals surface area contributed by atoms with Crippen LogP contribution in [0.4, 0.5) is 10.5 Å². The zero-order chi connectivity index (χ0) is 29.2. The Morgan fingerprint density at radius 3 is 2.57 bits per heavy atom. The van der Waals surface area contributed by atoms with Gasteiger partial charge in [-0.2, -0.15) is 0 Å². The monoisotopic (exact) mass is 574 g/mol. The Kier molecular flexibility index (Phi) is 8.17. The Balaban J connectivity index is 1.38. The van der Waals surface area contributed by atoms with E-state index in [0.717, 1.165) is 62.4 Å². The fourth-order valence-electron chi connectivity index (χ4n) is 6.24. The lowest BCUT2D eigenvalue weighted by atomic mass is 9.95. The van der Waals surface area contributed by atoms with Crippen molar-refractivity contribution in [2.75, 3.05) is 71.0 Å². The van der Waals surface area contributed by atoms with Crippen LogP contribution in [0.15, 0.2) is 45.6 Å². The first-order valence-electron chi connectivity index (χ1n) is 14.9. The highest BCUT2D eigenvalue weighted by Gasteiger charge is 2.32. The van der Waals surface area contributed by atoms with Crippen molar-refractivity contribution >= 4 is 28.7 Å². The number of hydrogen-bond acceptors (Lipinski definition) is 8. The van der Waals surface area contributed by atoms with Crippen LogP contribution in [-0.2, 0) is 24.1 Å². The van der Waals surface area contributed by atoms with E-state index in [-0.39, 0.29) is 30.2 Å². The predicted octanol–water partition coefficient (Wildman–Crippen LogP) is 3.53. The molecule has 3 aliphatic heterocycles. The van der Waals surface area contributed by atoms with Gasteiger partial charge >= 0.3 is 11.7 Å². The number of para-hydroxylation sites is 1. The number of aryl methyl sites for hydroxylation is 1. The molecule has 3 aliphatic rings. The molecule has 0 aliphatic carbocycles. The van der Waals surface area contributed by atoms with Crippen LogP contribution in [0, 0.1) is 0 Å². The van der Waals surface area contributed by atoms with Crippen molar-refractivity contribution < 1.29 is 23.5 Å². The zero-order valence-corrected chi connectivity index (χ0v) is 24.4. The molecule has 0 saturated carbocycles. The molecule has 1 saturated heterocycles. The number of ether oxygens (including phenoxy) is 2. The Bertz CT molecular complexity index is 1540. The molecule has 0 unspecified atom stereocenters. The standard InChI is InChI=1S/C32H38N4O6/c1-3-40-32(39)35-14-12-23-24-10-11-27(41-20-19-34-17-15-33(2)16-18-34)28(29(24)42-31(38)25(23)21-35)30(37)36-13-6-8-22-7-4-5-9-26(22)36/h4-5,7,9-11H,3,6,8,12-21H2,1-2H3. The van der Waals surface area contributed by atoms with Crippen molar-refractivity contribution in [1.29, 1.82) is 0 Å². The largest absolute Gasteiger partial charge is 0.491 e. The van der Waals surface area contributed by atoms with Crippen molar-refractivity contribution in [3.63, 3.8) is 0 Å². The van der Waals surface area contributed by atoms with Gasteiger partial charge in [-0.15, -0.1) is 0 Å². The summed E-state index contributed by atoms with van der Waals surface area (Å²) in [5.41, 5.74) is 3.19. The molecule has 6 rings (SSSR count). The van der Waals surface area contributed by atoms with Gasteiger partial charge in [0.25, 0.3) is 5.91 Å². The van der Waals surface area contributed by atoms with Gasteiger partial charge in [-0.3, -0.25) is 9.69 Å². The van der Waals surface area contributed by atoms with Crippen LogP contribution in [0.25, 0.3) is 11.0 Å². The molecule has 0 bridgehead atoms. The van der Waals surface area contributed by atoms with E-state index in [4.69, 9.17) is 13.9 Å². The molecule has 3 aromatic rings. The molecule has 2 amide bonds. The van der Waals surface area contributed by atoms with E-state index >= 15 is 0 Å². The molecule has 0 spiro atoms. The van der Waals surface area contributed by atoms with Crippen LogP contribution in [0.5, 0.6) is 5.75 Å². The van der Waals surface area contributed by atoms with E-state index in [1.54, 1.807) is 11.8 Å². The number of carbonyl (C=O) groups excluding carboxylic acids is 2. The van der Waals surface area contributed by atoms with E-state index in [0.29, 0.717) is 42.8 Å². The van der Waals surface area contributed by atoms with Gasteiger partial charge in [0.2, 0.25) is 0 Å². The third-order valence-electron chi connectivity index (χ3n) is 8.59. The summed E-state index contributed by atoms with van der Waals surface area (Å²) in [6.45, 7) is 8.22. The van der Waals surface area contributed by atoms with E-state index in [2.05, 4.69) is 22.9 Å². The van der Waals surface area contributed by atoms with Crippen LogP contribution in [0.2, 0.25) is 0 Å². The minimum absolute atomic E-state index is 0.110. The van der Waals surface area contributed by atoms with Crippen LogP contribution < -0.4 is 15.3 Å². The van der Waals surface area contributed by atoms with Gasteiger partial charge in [-0.05, 0) is 62.6 Å². The molecule has 42 heavy (non-hydrogen) atoms. The van der Waals surface area contributed by atoms with Gasteiger partial charge in [-0.1, -0.05) is 18.2 Å². The molecule has 0 radical (unpaired) electrons. The SMILES string of the molecule is CCOC(=O)N1CCc2c(c(=O)oc3c(C(=O)N4CCCc5ccccc54)c(OCCN4CCN(C)CC4)ccc23)C1. The van der Waals surface area contributed by atoms with Gasteiger partial charge in [0.1, 0.15) is 17.9 Å². The minimum atomic E-state index is -0.547. The van der Waals surface area contributed by atoms with E-state index < -0.39 is 11.7 Å². The van der Waals surface area contributed by atoms with Gasteiger partial charge in [-0.25, -0.2) is 9.59 Å².